The summed E-state index contributed by atoms with van der Waals surface area (Å²) in [5, 5.41) is 15.0. The van der Waals surface area contributed by atoms with E-state index in [9.17, 15) is 14.7 Å². The molecule has 2 saturated heterocycles. The first-order valence-electron chi connectivity index (χ1n) is 11.3. The predicted molar refractivity (Wildman–Crippen MR) is 120 cm³/mol. The number of benzene rings is 2. The lowest BCUT2D eigenvalue weighted by Gasteiger charge is -2.36. The molecule has 4 rings (SSSR count). The van der Waals surface area contributed by atoms with Crippen molar-refractivity contribution in [3.8, 4) is 5.75 Å². The van der Waals surface area contributed by atoms with E-state index in [1.165, 1.54) is 0 Å². The van der Waals surface area contributed by atoms with Gasteiger partial charge in [-0.05, 0) is 55.5 Å². The molecule has 2 heterocycles. The summed E-state index contributed by atoms with van der Waals surface area (Å²) in [5.41, 5.74) is 0.728. The van der Waals surface area contributed by atoms with Crippen LogP contribution >= 0.6 is 0 Å². The second-order valence-electron chi connectivity index (χ2n) is 8.90. The van der Waals surface area contributed by atoms with Gasteiger partial charge in [-0.1, -0.05) is 30.3 Å². The number of fused-ring (bicyclic) bond motifs is 1. The minimum absolute atomic E-state index is 0.0193. The lowest BCUT2D eigenvalue weighted by atomic mass is 9.83. The van der Waals surface area contributed by atoms with Crippen LogP contribution in [-0.2, 0) is 16.0 Å². The molecule has 2 unspecified atom stereocenters. The lowest BCUT2D eigenvalue weighted by Crippen LogP contribution is -2.48. The molecule has 166 valence electrons. The molecule has 2 aliphatic rings. The van der Waals surface area contributed by atoms with Gasteiger partial charge in [-0.15, -0.1) is 0 Å². The van der Waals surface area contributed by atoms with Crippen LogP contribution in [0.15, 0.2) is 36.4 Å². The van der Waals surface area contributed by atoms with E-state index in [0.717, 1.165) is 47.8 Å². The number of ether oxygens (including phenoxy) is 1. The predicted octanol–water partition coefficient (Wildman–Crippen LogP) is 3.19. The van der Waals surface area contributed by atoms with Gasteiger partial charge in [0.2, 0.25) is 11.8 Å². The lowest BCUT2D eigenvalue weighted by molar-refractivity contribution is -0.136. The van der Waals surface area contributed by atoms with Crippen LogP contribution in [0.25, 0.3) is 10.8 Å². The van der Waals surface area contributed by atoms with Gasteiger partial charge in [0.1, 0.15) is 5.75 Å². The van der Waals surface area contributed by atoms with Crippen molar-refractivity contribution in [2.45, 2.75) is 62.9 Å². The van der Waals surface area contributed by atoms with E-state index < -0.39 is 5.54 Å². The molecule has 2 aromatic rings. The zero-order valence-corrected chi connectivity index (χ0v) is 18.2. The molecule has 0 saturated carbocycles. The van der Waals surface area contributed by atoms with E-state index in [0.29, 0.717) is 32.2 Å². The number of nitrogens with zero attached hydrogens (tertiary/aromatic N) is 1. The first-order chi connectivity index (χ1) is 15.0. The number of amides is 2. The van der Waals surface area contributed by atoms with Gasteiger partial charge in [-0.25, -0.2) is 0 Å². The van der Waals surface area contributed by atoms with E-state index in [1.807, 2.05) is 29.2 Å². The van der Waals surface area contributed by atoms with Gasteiger partial charge in [0.15, 0.2) is 0 Å². The molecular formula is C25H32N2O4. The van der Waals surface area contributed by atoms with Gasteiger partial charge in [0.25, 0.3) is 0 Å². The third-order valence-electron chi connectivity index (χ3n) is 6.93. The van der Waals surface area contributed by atoms with E-state index >= 15 is 0 Å². The molecule has 0 radical (unpaired) electrons. The van der Waals surface area contributed by atoms with Crippen LogP contribution in [0.4, 0.5) is 0 Å². The Morgan fingerprint density at radius 3 is 2.74 bits per heavy atom. The highest BCUT2D eigenvalue weighted by atomic mass is 16.5. The molecule has 6 nitrogen and oxygen atoms in total. The highest BCUT2D eigenvalue weighted by molar-refractivity contribution is 5.91. The fraction of sp³-hybridized carbons (Fsp3) is 0.520. The van der Waals surface area contributed by atoms with Crippen molar-refractivity contribution in [2.75, 3.05) is 20.3 Å². The van der Waals surface area contributed by atoms with Gasteiger partial charge in [-0.2, -0.15) is 0 Å². The number of aliphatic hydroxyl groups is 1. The number of methoxy groups -OCH3 is 1. The number of hydrogen-bond acceptors (Lipinski definition) is 4. The van der Waals surface area contributed by atoms with E-state index in [4.69, 9.17) is 4.74 Å². The first kappa shape index (κ1) is 21.6. The zero-order chi connectivity index (χ0) is 21.8. The number of nitrogens with one attached hydrogen (secondary N) is 1. The molecule has 2 amide bonds. The van der Waals surface area contributed by atoms with Gasteiger partial charge in [0, 0.05) is 30.3 Å². The summed E-state index contributed by atoms with van der Waals surface area (Å²) >= 11 is 0. The van der Waals surface area contributed by atoms with Crippen LogP contribution in [0.1, 0.15) is 50.5 Å². The van der Waals surface area contributed by atoms with Crippen molar-refractivity contribution >= 4 is 22.6 Å². The first-order valence-corrected chi connectivity index (χ1v) is 11.3. The molecule has 2 atom stereocenters. The molecule has 0 bridgehead atoms. The van der Waals surface area contributed by atoms with Gasteiger partial charge in [-0.3, -0.25) is 9.59 Å². The maximum Gasteiger partial charge on any atom is 0.222 e. The van der Waals surface area contributed by atoms with Crippen LogP contribution in [0, 0.1) is 0 Å². The highest BCUT2D eigenvalue weighted by Gasteiger charge is 2.39. The maximum absolute atomic E-state index is 13.0. The van der Waals surface area contributed by atoms with E-state index in [1.54, 1.807) is 7.11 Å². The van der Waals surface area contributed by atoms with Gasteiger partial charge < -0.3 is 20.1 Å². The van der Waals surface area contributed by atoms with E-state index in [2.05, 4.69) is 17.4 Å². The summed E-state index contributed by atoms with van der Waals surface area (Å²) in [6.07, 6.45) is 5.79. The molecule has 31 heavy (non-hydrogen) atoms. The number of carbonyl (C=O) groups is 2. The number of hydrogen-bond donors (Lipinski definition) is 2. The molecule has 2 aliphatic heterocycles. The van der Waals surface area contributed by atoms with Crippen LogP contribution in [0.5, 0.6) is 5.75 Å². The van der Waals surface area contributed by atoms with Crippen molar-refractivity contribution in [1.29, 1.82) is 0 Å². The highest BCUT2D eigenvalue weighted by Crippen LogP contribution is 2.35. The van der Waals surface area contributed by atoms with Crippen molar-refractivity contribution < 1.29 is 19.4 Å². The summed E-state index contributed by atoms with van der Waals surface area (Å²) in [6, 6.07) is 12.1. The Kier molecular flexibility index (Phi) is 6.46. The third kappa shape index (κ3) is 4.54. The van der Waals surface area contributed by atoms with Crippen LogP contribution in [0.3, 0.4) is 0 Å². The number of aliphatic hydroxyl groups excluding tert-OH is 1. The number of likely N-dealkylation sites (tertiary alicyclic amines) is 1. The normalized spacial score (nSPS) is 23.7. The Hall–Kier alpha value is -2.60. The van der Waals surface area contributed by atoms with Crippen LogP contribution in [0.2, 0.25) is 0 Å². The molecule has 0 spiro atoms. The summed E-state index contributed by atoms with van der Waals surface area (Å²) in [6.45, 7) is 0.734. The summed E-state index contributed by atoms with van der Waals surface area (Å²) in [4.78, 5) is 27.0. The molecular weight excluding hydrogens is 392 g/mol. The monoisotopic (exact) mass is 424 g/mol. The van der Waals surface area contributed by atoms with Crippen molar-refractivity contribution in [2.24, 2.45) is 0 Å². The largest absolute Gasteiger partial charge is 0.496 e. The smallest absolute Gasteiger partial charge is 0.222 e. The SMILES string of the molecule is COc1ccc(CC2(CCC(=O)N3CCCCC3CO)CCC(=O)N2)c2ccccc12. The Morgan fingerprint density at radius 1 is 1.23 bits per heavy atom. The Bertz CT molecular complexity index is 960. The minimum atomic E-state index is -0.422. The Labute approximate surface area is 183 Å². The van der Waals surface area contributed by atoms with E-state index in [-0.39, 0.29) is 24.5 Å². The second-order valence-corrected chi connectivity index (χ2v) is 8.90. The Morgan fingerprint density at radius 2 is 2.03 bits per heavy atom. The number of piperidine rings is 1. The summed E-state index contributed by atoms with van der Waals surface area (Å²) < 4.78 is 5.52. The molecule has 0 aliphatic carbocycles. The molecule has 2 N–H and O–H groups in total. The average Bonchev–Trinajstić information content (AvgIpc) is 3.18. The van der Waals surface area contributed by atoms with Crippen molar-refractivity contribution in [1.82, 2.24) is 10.2 Å². The number of carbonyl (C=O) groups excluding carboxylic acids is 2. The van der Waals surface area contributed by atoms with Crippen molar-refractivity contribution in [3.63, 3.8) is 0 Å². The second kappa shape index (κ2) is 9.27. The Balaban J connectivity index is 1.55. The zero-order valence-electron chi connectivity index (χ0n) is 18.2. The molecule has 2 fully saturated rings. The summed E-state index contributed by atoms with van der Waals surface area (Å²) in [7, 11) is 1.67. The van der Waals surface area contributed by atoms with Crippen LogP contribution < -0.4 is 10.1 Å². The standard InChI is InChI=1S/C25H32N2O4/c1-31-22-10-9-18(20-7-2-3-8-21(20)22)16-25(13-11-23(29)26-25)14-12-24(30)27-15-5-4-6-19(27)17-28/h2-3,7-10,19,28H,4-6,11-17H2,1H3,(H,26,29). The molecule has 0 aromatic heterocycles. The van der Waals surface area contributed by atoms with Gasteiger partial charge in [0.05, 0.1) is 19.8 Å². The average molecular weight is 425 g/mol. The van der Waals surface area contributed by atoms with Gasteiger partial charge >= 0.3 is 0 Å². The molecule has 2 aromatic carbocycles. The number of rotatable bonds is 7. The molecule has 6 heteroatoms. The topological polar surface area (TPSA) is 78.9 Å². The summed E-state index contributed by atoms with van der Waals surface area (Å²) in [5.74, 6) is 0.967. The minimum Gasteiger partial charge on any atom is -0.496 e. The third-order valence-corrected chi connectivity index (χ3v) is 6.93. The fourth-order valence-electron chi connectivity index (χ4n) is 5.22. The quantitative estimate of drug-likeness (QED) is 0.716. The van der Waals surface area contributed by atoms with Crippen LogP contribution in [-0.4, -0.2) is 53.7 Å². The fourth-order valence-corrected chi connectivity index (χ4v) is 5.22. The van der Waals surface area contributed by atoms with Crippen molar-refractivity contribution in [3.05, 3.63) is 42.0 Å². The maximum atomic E-state index is 13.0.